The van der Waals surface area contributed by atoms with Gasteiger partial charge in [0, 0.05) is 29.7 Å². The average molecular weight is 358 g/mol. The van der Waals surface area contributed by atoms with E-state index in [9.17, 15) is 14.4 Å². The minimum absolute atomic E-state index is 0.0179. The van der Waals surface area contributed by atoms with Gasteiger partial charge >= 0.3 is 6.09 Å². The van der Waals surface area contributed by atoms with Gasteiger partial charge < -0.3 is 5.11 Å². The molecule has 2 N–H and O–H groups in total. The molecule has 6 heteroatoms. The highest BCUT2D eigenvalue weighted by Crippen LogP contribution is 2.30. The highest BCUT2D eigenvalue weighted by Gasteiger charge is 2.25. The lowest BCUT2D eigenvalue weighted by molar-refractivity contribution is -0.119. The lowest BCUT2D eigenvalue weighted by atomic mass is 9.97. The number of ketones is 1. The molecule has 2 amide bonds. The fourth-order valence-electron chi connectivity index (χ4n) is 3.15. The first-order chi connectivity index (χ1) is 11.9. The number of carbonyl (C=O) groups is 3. The van der Waals surface area contributed by atoms with Crippen LogP contribution in [0.2, 0.25) is 5.02 Å². The molecule has 2 aromatic carbocycles. The van der Waals surface area contributed by atoms with Crippen LogP contribution in [0.4, 0.5) is 4.79 Å². The third-order valence-corrected chi connectivity index (χ3v) is 4.64. The van der Waals surface area contributed by atoms with E-state index in [1.807, 2.05) is 41.7 Å². The Labute approximate surface area is 149 Å². The maximum atomic E-state index is 12.2. The smallest absolute Gasteiger partial charge is 0.411 e. The molecule has 2 aromatic rings. The lowest BCUT2D eigenvalue weighted by Gasteiger charge is -2.08. The van der Waals surface area contributed by atoms with Crippen molar-refractivity contribution in [3.63, 3.8) is 0 Å². The molecule has 0 radical (unpaired) electrons. The first-order valence-corrected chi connectivity index (χ1v) is 8.26. The molecular weight excluding hydrogens is 342 g/mol. The molecule has 1 aliphatic rings. The van der Waals surface area contributed by atoms with Crippen LogP contribution >= 0.6 is 11.6 Å². The van der Waals surface area contributed by atoms with Crippen LogP contribution in [0.1, 0.15) is 24.8 Å². The third-order valence-electron chi connectivity index (χ3n) is 4.31. The highest BCUT2D eigenvalue weighted by atomic mass is 35.5. The minimum Gasteiger partial charge on any atom is -0.465 e. The number of rotatable bonds is 4. The van der Waals surface area contributed by atoms with E-state index in [4.69, 9.17) is 16.7 Å². The van der Waals surface area contributed by atoms with Gasteiger partial charge in [0.05, 0.1) is 0 Å². The predicted octanol–water partition coefficient (Wildman–Crippen LogP) is 3.88. The number of hydrogen-bond acceptors (Lipinski definition) is 3. The number of Topliss-reactive ketones (excluding diaryl/α,β-unsaturated/α-hetero) is 1. The van der Waals surface area contributed by atoms with E-state index in [1.54, 1.807) is 0 Å². The van der Waals surface area contributed by atoms with Crippen molar-refractivity contribution >= 4 is 40.2 Å². The molecular formula is C19H16ClNO4. The van der Waals surface area contributed by atoms with Crippen LogP contribution in [-0.4, -0.2) is 22.9 Å². The second-order valence-corrected chi connectivity index (χ2v) is 6.41. The summed E-state index contributed by atoms with van der Waals surface area (Å²) in [6.45, 7) is 0. The van der Waals surface area contributed by atoms with Gasteiger partial charge in [-0.2, -0.15) is 0 Å². The first kappa shape index (κ1) is 17.2. The molecule has 0 aromatic heterocycles. The first-order valence-electron chi connectivity index (χ1n) is 7.88. The SMILES string of the molecule is O=C(O)NC(=O)CC1=C(Cc2ccc3c(Cl)cccc3c2)C(=O)CC1. The zero-order valence-electron chi connectivity index (χ0n) is 13.3. The number of carboxylic acid groups (broad SMARTS) is 1. The summed E-state index contributed by atoms with van der Waals surface area (Å²) in [5, 5.41) is 13.0. The van der Waals surface area contributed by atoms with Crippen LogP contribution in [0.15, 0.2) is 47.5 Å². The van der Waals surface area contributed by atoms with Crippen molar-refractivity contribution in [3.05, 3.63) is 58.1 Å². The van der Waals surface area contributed by atoms with E-state index in [0.29, 0.717) is 29.9 Å². The number of carbonyl (C=O) groups excluding carboxylic acids is 2. The summed E-state index contributed by atoms with van der Waals surface area (Å²) in [6, 6.07) is 11.5. The number of halogens is 1. The second-order valence-electron chi connectivity index (χ2n) is 6.01. The molecule has 0 unspecified atom stereocenters. The number of hydrogen-bond donors (Lipinski definition) is 2. The normalized spacial score (nSPS) is 14.2. The van der Waals surface area contributed by atoms with Crippen LogP contribution in [0, 0.1) is 0 Å². The zero-order valence-corrected chi connectivity index (χ0v) is 14.1. The van der Waals surface area contributed by atoms with Crippen LogP contribution in [0.5, 0.6) is 0 Å². The topological polar surface area (TPSA) is 83.5 Å². The molecule has 0 bridgehead atoms. The third kappa shape index (κ3) is 3.88. The Bertz CT molecular complexity index is 917. The molecule has 0 saturated heterocycles. The van der Waals surface area contributed by atoms with E-state index in [2.05, 4.69) is 0 Å². The van der Waals surface area contributed by atoms with Crippen molar-refractivity contribution in [1.29, 1.82) is 0 Å². The van der Waals surface area contributed by atoms with E-state index >= 15 is 0 Å². The number of fused-ring (bicyclic) bond motifs is 1. The van der Waals surface area contributed by atoms with E-state index in [1.165, 1.54) is 0 Å². The van der Waals surface area contributed by atoms with E-state index < -0.39 is 12.0 Å². The van der Waals surface area contributed by atoms with Crippen molar-refractivity contribution in [2.45, 2.75) is 25.7 Å². The molecule has 0 heterocycles. The minimum atomic E-state index is -1.39. The van der Waals surface area contributed by atoms with Crippen molar-refractivity contribution in [3.8, 4) is 0 Å². The maximum Gasteiger partial charge on any atom is 0.411 e. The van der Waals surface area contributed by atoms with Crippen molar-refractivity contribution in [2.24, 2.45) is 0 Å². The summed E-state index contributed by atoms with van der Waals surface area (Å²) in [5.74, 6) is -0.593. The largest absolute Gasteiger partial charge is 0.465 e. The van der Waals surface area contributed by atoms with Gasteiger partial charge in [-0.15, -0.1) is 0 Å². The monoisotopic (exact) mass is 357 g/mol. The van der Waals surface area contributed by atoms with Gasteiger partial charge in [-0.05, 0) is 29.0 Å². The number of imide groups is 1. The summed E-state index contributed by atoms with van der Waals surface area (Å²) in [7, 11) is 0. The molecule has 128 valence electrons. The number of nitrogens with one attached hydrogen (secondary N) is 1. The summed E-state index contributed by atoms with van der Waals surface area (Å²) in [4.78, 5) is 34.4. The maximum absolute atomic E-state index is 12.2. The quantitative estimate of drug-likeness (QED) is 0.869. The molecule has 25 heavy (non-hydrogen) atoms. The molecule has 5 nitrogen and oxygen atoms in total. The zero-order chi connectivity index (χ0) is 18.0. The van der Waals surface area contributed by atoms with Crippen molar-refractivity contribution in [1.82, 2.24) is 5.32 Å². The van der Waals surface area contributed by atoms with Gasteiger partial charge in [0.1, 0.15) is 0 Å². The number of benzene rings is 2. The van der Waals surface area contributed by atoms with Gasteiger partial charge in [0.25, 0.3) is 0 Å². The molecule has 0 aliphatic heterocycles. The van der Waals surface area contributed by atoms with Crippen molar-refractivity contribution < 1.29 is 19.5 Å². The lowest BCUT2D eigenvalue weighted by Crippen LogP contribution is -2.28. The molecule has 0 spiro atoms. The standard InChI is InChI=1S/C19H16ClNO4/c20-16-3-1-2-12-8-11(4-6-14(12)16)9-15-13(5-7-17(15)22)10-18(23)21-19(24)25/h1-4,6,8H,5,7,9-10H2,(H,21,23)(H,24,25). The summed E-state index contributed by atoms with van der Waals surface area (Å²) >= 11 is 6.17. The van der Waals surface area contributed by atoms with Gasteiger partial charge in [0.15, 0.2) is 5.78 Å². The fourth-order valence-corrected chi connectivity index (χ4v) is 3.39. The number of allylic oxidation sites excluding steroid dienone is 1. The molecule has 0 saturated carbocycles. The Morgan fingerprint density at radius 1 is 1.16 bits per heavy atom. The molecule has 1 aliphatic carbocycles. The summed E-state index contributed by atoms with van der Waals surface area (Å²) in [6.07, 6.45) is -0.155. The van der Waals surface area contributed by atoms with E-state index in [-0.39, 0.29) is 12.2 Å². The molecule has 3 rings (SSSR count). The van der Waals surface area contributed by atoms with Gasteiger partial charge in [-0.3, -0.25) is 14.9 Å². The van der Waals surface area contributed by atoms with Gasteiger partial charge in [-0.25, -0.2) is 4.79 Å². The number of amides is 2. The predicted molar refractivity (Wildman–Crippen MR) is 94.7 cm³/mol. The van der Waals surface area contributed by atoms with Crippen molar-refractivity contribution in [2.75, 3.05) is 0 Å². The average Bonchev–Trinajstić information content (AvgIpc) is 2.87. The summed E-state index contributed by atoms with van der Waals surface area (Å²) < 4.78 is 0. The van der Waals surface area contributed by atoms with Crippen LogP contribution < -0.4 is 5.32 Å². The molecule has 0 fully saturated rings. The second kappa shape index (κ2) is 7.07. The Morgan fingerprint density at radius 3 is 2.72 bits per heavy atom. The Hall–Kier alpha value is -2.66. The Balaban J connectivity index is 1.86. The van der Waals surface area contributed by atoms with E-state index in [0.717, 1.165) is 21.9 Å². The molecule has 0 atom stereocenters. The van der Waals surface area contributed by atoms with Crippen LogP contribution in [-0.2, 0) is 16.0 Å². The summed E-state index contributed by atoms with van der Waals surface area (Å²) in [5.41, 5.74) is 2.29. The van der Waals surface area contributed by atoms with Gasteiger partial charge in [-0.1, -0.05) is 47.5 Å². The van der Waals surface area contributed by atoms with Gasteiger partial charge in [0.2, 0.25) is 5.91 Å². The Kier molecular flexibility index (Phi) is 4.86. The Morgan fingerprint density at radius 2 is 1.96 bits per heavy atom. The fraction of sp³-hybridized carbons (Fsp3) is 0.211. The van der Waals surface area contributed by atoms with Crippen LogP contribution in [0.25, 0.3) is 10.8 Å². The highest BCUT2D eigenvalue weighted by molar-refractivity contribution is 6.35. The van der Waals surface area contributed by atoms with Crippen LogP contribution in [0.3, 0.4) is 0 Å².